The van der Waals surface area contributed by atoms with Crippen LogP contribution < -0.4 is 0 Å². The van der Waals surface area contributed by atoms with E-state index in [1.165, 1.54) is 44.9 Å². The first-order valence-electron chi connectivity index (χ1n) is 9.33. The summed E-state index contributed by atoms with van der Waals surface area (Å²) in [5.41, 5.74) is 0.310. The van der Waals surface area contributed by atoms with E-state index in [4.69, 9.17) is 0 Å². The van der Waals surface area contributed by atoms with E-state index in [9.17, 15) is 10.2 Å². The van der Waals surface area contributed by atoms with Crippen LogP contribution >= 0.6 is 0 Å². The van der Waals surface area contributed by atoms with Crippen LogP contribution in [0.5, 0.6) is 0 Å². The molecule has 2 heteroatoms. The van der Waals surface area contributed by atoms with Crippen molar-refractivity contribution in [3.63, 3.8) is 0 Å². The fourth-order valence-corrected chi connectivity index (χ4v) is 7.29. The fourth-order valence-electron chi connectivity index (χ4n) is 7.29. The second kappa shape index (κ2) is 4.47. The molecule has 4 fully saturated rings. The van der Waals surface area contributed by atoms with E-state index < -0.39 is 5.79 Å². The number of aliphatic hydroxyl groups is 2. The standard InChI is InChI=1S/C19H32O2/c1-17-10-4-3-5-13(17)6-7-14-15(17)8-11-18(2)16(14)9-12-19(18,20)21/h13-16,20-21H,3-12H2,1-2H3/t13?,14-,15-,16+,17+,18+/m1/s1. The van der Waals surface area contributed by atoms with Crippen LogP contribution in [0.3, 0.4) is 0 Å². The Labute approximate surface area is 129 Å². The maximum Gasteiger partial charge on any atom is 0.168 e. The van der Waals surface area contributed by atoms with Crippen LogP contribution in [0.4, 0.5) is 0 Å². The highest BCUT2D eigenvalue weighted by atomic mass is 16.5. The van der Waals surface area contributed by atoms with Crippen molar-refractivity contribution in [2.75, 3.05) is 0 Å². The monoisotopic (exact) mass is 292 g/mol. The SMILES string of the molecule is C[C@]12CCCCC1CC[C@@H]1[C@H]2CC[C@@]2(C)[C@H]1CCC2(O)O. The van der Waals surface area contributed by atoms with E-state index in [-0.39, 0.29) is 5.41 Å². The summed E-state index contributed by atoms with van der Waals surface area (Å²) >= 11 is 0. The summed E-state index contributed by atoms with van der Waals surface area (Å²) in [6.07, 6.45) is 12.4. The Bertz CT molecular complexity index is 431. The lowest BCUT2D eigenvalue weighted by molar-refractivity contribution is -0.251. The smallest absolute Gasteiger partial charge is 0.168 e. The lowest BCUT2D eigenvalue weighted by Crippen LogP contribution is -2.56. The van der Waals surface area contributed by atoms with Crippen molar-refractivity contribution < 1.29 is 10.2 Å². The maximum atomic E-state index is 10.5. The van der Waals surface area contributed by atoms with E-state index in [1.807, 2.05) is 0 Å². The average Bonchev–Trinajstić information content (AvgIpc) is 2.69. The van der Waals surface area contributed by atoms with Crippen LogP contribution in [-0.2, 0) is 0 Å². The van der Waals surface area contributed by atoms with Gasteiger partial charge in [-0.2, -0.15) is 0 Å². The third kappa shape index (κ3) is 1.78. The van der Waals surface area contributed by atoms with Crippen LogP contribution in [0.15, 0.2) is 0 Å². The van der Waals surface area contributed by atoms with Gasteiger partial charge in [-0.05, 0) is 74.0 Å². The molecule has 21 heavy (non-hydrogen) atoms. The summed E-state index contributed by atoms with van der Waals surface area (Å²) in [6.45, 7) is 4.74. The van der Waals surface area contributed by atoms with Gasteiger partial charge < -0.3 is 10.2 Å². The van der Waals surface area contributed by atoms with Gasteiger partial charge in [0.1, 0.15) is 0 Å². The molecule has 0 aliphatic heterocycles. The Morgan fingerprint density at radius 3 is 2.33 bits per heavy atom. The van der Waals surface area contributed by atoms with Gasteiger partial charge in [0, 0.05) is 11.8 Å². The highest BCUT2D eigenvalue weighted by molar-refractivity contribution is 5.10. The number of hydrogen-bond acceptors (Lipinski definition) is 2. The van der Waals surface area contributed by atoms with E-state index >= 15 is 0 Å². The Morgan fingerprint density at radius 1 is 0.762 bits per heavy atom. The topological polar surface area (TPSA) is 40.5 Å². The van der Waals surface area contributed by atoms with Gasteiger partial charge in [0.2, 0.25) is 0 Å². The van der Waals surface area contributed by atoms with Crippen LogP contribution in [0.1, 0.15) is 78.1 Å². The van der Waals surface area contributed by atoms with Gasteiger partial charge in [-0.15, -0.1) is 0 Å². The molecule has 4 saturated carbocycles. The fraction of sp³-hybridized carbons (Fsp3) is 1.00. The third-order valence-corrected chi connectivity index (χ3v) is 8.69. The lowest BCUT2D eigenvalue weighted by Gasteiger charge is -2.60. The van der Waals surface area contributed by atoms with E-state index in [0.717, 1.165) is 30.6 Å². The predicted octanol–water partition coefficient (Wildman–Crippen LogP) is 4.10. The zero-order valence-electron chi connectivity index (χ0n) is 13.8. The van der Waals surface area contributed by atoms with Gasteiger partial charge in [-0.3, -0.25) is 0 Å². The van der Waals surface area contributed by atoms with Gasteiger partial charge >= 0.3 is 0 Å². The predicted molar refractivity (Wildman–Crippen MR) is 83.5 cm³/mol. The van der Waals surface area contributed by atoms with Crippen molar-refractivity contribution in [1.82, 2.24) is 0 Å². The highest BCUT2D eigenvalue weighted by Gasteiger charge is 2.64. The van der Waals surface area contributed by atoms with Crippen molar-refractivity contribution in [3.05, 3.63) is 0 Å². The second-order valence-electron chi connectivity index (χ2n) is 9.21. The zero-order valence-corrected chi connectivity index (χ0v) is 13.8. The Kier molecular flexibility index (Phi) is 3.09. The first-order valence-corrected chi connectivity index (χ1v) is 9.33. The minimum absolute atomic E-state index is 0.244. The number of hydrogen-bond donors (Lipinski definition) is 2. The molecule has 0 aromatic carbocycles. The van der Waals surface area contributed by atoms with Gasteiger partial charge in [-0.1, -0.05) is 26.7 Å². The van der Waals surface area contributed by atoms with E-state index in [0.29, 0.717) is 17.8 Å². The van der Waals surface area contributed by atoms with Crippen molar-refractivity contribution >= 4 is 0 Å². The lowest BCUT2D eigenvalue weighted by atomic mass is 9.45. The molecule has 1 unspecified atom stereocenters. The van der Waals surface area contributed by atoms with Crippen molar-refractivity contribution in [2.45, 2.75) is 83.8 Å². The van der Waals surface area contributed by atoms with Gasteiger partial charge in [0.25, 0.3) is 0 Å². The molecule has 6 atom stereocenters. The minimum atomic E-state index is -1.41. The van der Waals surface area contributed by atoms with Crippen LogP contribution in [0, 0.1) is 34.5 Å². The van der Waals surface area contributed by atoms with E-state index in [2.05, 4.69) is 13.8 Å². The highest BCUT2D eigenvalue weighted by Crippen LogP contribution is 2.67. The quantitative estimate of drug-likeness (QED) is 0.660. The third-order valence-electron chi connectivity index (χ3n) is 8.69. The molecular weight excluding hydrogens is 260 g/mol. The summed E-state index contributed by atoms with van der Waals surface area (Å²) in [4.78, 5) is 0. The molecule has 0 bridgehead atoms. The molecule has 2 nitrogen and oxygen atoms in total. The van der Waals surface area contributed by atoms with Crippen LogP contribution in [-0.4, -0.2) is 16.0 Å². The molecule has 0 spiro atoms. The average molecular weight is 292 g/mol. The van der Waals surface area contributed by atoms with Crippen LogP contribution in [0.25, 0.3) is 0 Å². The molecule has 0 heterocycles. The molecule has 0 amide bonds. The molecule has 2 N–H and O–H groups in total. The summed E-state index contributed by atoms with van der Waals surface area (Å²) in [5, 5.41) is 21.0. The molecule has 0 aromatic heterocycles. The summed E-state index contributed by atoms with van der Waals surface area (Å²) < 4.78 is 0. The molecule has 0 saturated heterocycles. The van der Waals surface area contributed by atoms with Gasteiger partial charge in [0.05, 0.1) is 0 Å². The van der Waals surface area contributed by atoms with Crippen molar-refractivity contribution in [1.29, 1.82) is 0 Å². The largest absolute Gasteiger partial charge is 0.365 e. The Hall–Kier alpha value is -0.0800. The Morgan fingerprint density at radius 2 is 1.52 bits per heavy atom. The second-order valence-corrected chi connectivity index (χ2v) is 9.21. The molecule has 4 aliphatic rings. The number of rotatable bonds is 0. The summed E-state index contributed by atoms with van der Waals surface area (Å²) in [5.74, 6) is 1.69. The summed E-state index contributed by atoms with van der Waals surface area (Å²) in [6, 6.07) is 0. The molecule has 4 aliphatic carbocycles. The zero-order chi connectivity index (χ0) is 14.9. The van der Waals surface area contributed by atoms with Gasteiger partial charge in [0.15, 0.2) is 5.79 Å². The van der Waals surface area contributed by atoms with Crippen molar-refractivity contribution in [2.24, 2.45) is 34.5 Å². The normalized spacial score (nSPS) is 55.4. The molecule has 0 radical (unpaired) electrons. The van der Waals surface area contributed by atoms with Gasteiger partial charge in [-0.25, -0.2) is 0 Å². The van der Waals surface area contributed by atoms with Crippen LogP contribution in [0.2, 0.25) is 0 Å². The molecular formula is C19H32O2. The first kappa shape index (κ1) is 14.5. The minimum Gasteiger partial charge on any atom is -0.365 e. The van der Waals surface area contributed by atoms with Crippen molar-refractivity contribution in [3.8, 4) is 0 Å². The maximum absolute atomic E-state index is 10.5. The molecule has 4 rings (SSSR count). The Balaban J connectivity index is 1.66. The first-order chi connectivity index (χ1) is 9.88. The molecule has 120 valence electrons. The number of fused-ring (bicyclic) bond motifs is 5. The summed E-state index contributed by atoms with van der Waals surface area (Å²) in [7, 11) is 0. The molecule has 0 aromatic rings. The van der Waals surface area contributed by atoms with E-state index in [1.54, 1.807) is 0 Å².